The Morgan fingerprint density at radius 3 is 2.89 bits per heavy atom. The number of pyridine rings is 1. The van der Waals surface area contributed by atoms with Crippen LogP contribution in [0.15, 0.2) is 47.4 Å². The molecule has 1 aliphatic rings. The molecule has 134 valence electrons. The largest absolute Gasteiger partial charge is 0.454 e. The van der Waals surface area contributed by atoms with Crippen molar-refractivity contribution in [3.05, 3.63) is 58.5 Å². The second-order valence-electron chi connectivity index (χ2n) is 6.23. The first-order valence-electron chi connectivity index (χ1n) is 8.35. The number of rotatable bonds is 2. The predicted molar refractivity (Wildman–Crippen MR) is 99.8 cm³/mol. The minimum atomic E-state index is -0.263. The molecule has 8 nitrogen and oxygen atoms in total. The maximum atomic E-state index is 12.7. The van der Waals surface area contributed by atoms with Gasteiger partial charge in [-0.15, -0.1) is 0 Å². The topological polar surface area (TPSA) is 108 Å². The van der Waals surface area contributed by atoms with E-state index >= 15 is 0 Å². The molecule has 5 rings (SSSR count). The summed E-state index contributed by atoms with van der Waals surface area (Å²) in [6, 6.07) is 10.7. The van der Waals surface area contributed by atoms with E-state index in [1.54, 1.807) is 6.20 Å². The fourth-order valence-electron chi connectivity index (χ4n) is 3.35. The smallest absolute Gasteiger partial charge is 0.273 e. The second-order valence-corrected chi connectivity index (χ2v) is 6.23. The molecule has 0 atom stereocenters. The number of benzene rings is 1. The average Bonchev–Trinajstić information content (AvgIpc) is 3.27. The minimum Gasteiger partial charge on any atom is -0.454 e. The van der Waals surface area contributed by atoms with Gasteiger partial charge in [-0.2, -0.15) is 4.52 Å². The zero-order chi connectivity index (χ0) is 18.5. The van der Waals surface area contributed by atoms with E-state index < -0.39 is 0 Å². The molecule has 0 saturated carbocycles. The summed E-state index contributed by atoms with van der Waals surface area (Å²) in [6.07, 6.45) is 1.67. The van der Waals surface area contributed by atoms with Crippen molar-refractivity contribution in [3.8, 4) is 34.0 Å². The number of hydrogen-bond acceptors (Lipinski definition) is 6. The van der Waals surface area contributed by atoms with Crippen molar-refractivity contribution >= 4 is 11.5 Å². The Labute approximate surface area is 153 Å². The van der Waals surface area contributed by atoms with Crippen LogP contribution in [0.3, 0.4) is 0 Å². The molecule has 4 aromatic rings. The van der Waals surface area contributed by atoms with Crippen LogP contribution in [0.5, 0.6) is 11.5 Å². The van der Waals surface area contributed by atoms with E-state index in [9.17, 15) is 4.79 Å². The summed E-state index contributed by atoms with van der Waals surface area (Å²) < 4.78 is 12.3. The Kier molecular flexibility index (Phi) is 3.20. The van der Waals surface area contributed by atoms with Crippen molar-refractivity contribution in [1.82, 2.24) is 19.6 Å². The van der Waals surface area contributed by atoms with Crippen molar-refractivity contribution in [2.24, 2.45) is 0 Å². The average molecular weight is 361 g/mol. The highest BCUT2D eigenvalue weighted by Crippen LogP contribution is 2.40. The molecule has 0 radical (unpaired) electrons. The second kappa shape index (κ2) is 5.60. The van der Waals surface area contributed by atoms with E-state index in [1.807, 2.05) is 37.3 Å². The molecule has 0 saturated heterocycles. The summed E-state index contributed by atoms with van der Waals surface area (Å²) in [4.78, 5) is 21.7. The molecule has 1 aliphatic heterocycles. The van der Waals surface area contributed by atoms with Gasteiger partial charge in [0.2, 0.25) is 6.79 Å². The molecule has 27 heavy (non-hydrogen) atoms. The Hall–Kier alpha value is -3.81. The number of aromatic amines is 1. The highest BCUT2D eigenvalue weighted by atomic mass is 16.7. The van der Waals surface area contributed by atoms with E-state index in [2.05, 4.69) is 10.1 Å². The van der Waals surface area contributed by atoms with Gasteiger partial charge in [0.25, 0.3) is 5.56 Å². The summed E-state index contributed by atoms with van der Waals surface area (Å²) in [5.74, 6) is 1.69. The van der Waals surface area contributed by atoms with Crippen LogP contribution >= 0.6 is 0 Å². The standard InChI is InChI=1S/C19H15N5O3/c1-10-11(5-6-14-17(10)27-9-26-14)13-8-15(25)24-19(22-13)16(18(20)23-24)12-4-2-3-7-21-12/h2-8,23H,9,20H2,1H3. The minimum absolute atomic E-state index is 0.187. The summed E-state index contributed by atoms with van der Waals surface area (Å²) in [6.45, 7) is 2.10. The Balaban J connectivity index is 1.78. The molecule has 8 heteroatoms. The number of nitrogens with zero attached hydrogens (tertiary/aromatic N) is 3. The zero-order valence-corrected chi connectivity index (χ0v) is 14.4. The molecular weight excluding hydrogens is 346 g/mol. The van der Waals surface area contributed by atoms with Crippen LogP contribution in [0.25, 0.3) is 28.2 Å². The maximum Gasteiger partial charge on any atom is 0.273 e. The lowest BCUT2D eigenvalue weighted by Crippen LogP contribution is -2.14. The number of nitrogens with two attached hydrogens (primary N) is 1. The summed E-state index contributed by atoms with van der Waals surface area (Å²) >= 11 is 0. The van der Waals surface area contributed by atoms with Crippen molar-refractivity contribution in [1.29, 1.82) is 0 Å². The lowest BCUT2D eigenvalue weighted by Gasteiger charge is -2.08. The van der Waals surface area contributed by atoms with Gasteiger partial charge < -0.3 is 15.2 Å². The number of aromatic nitrogens is 4. The van der Waals surface area contributed by atoms with Gasteiger partial charge in [0.05, 0.1) is 17.0 Å². The lowest BCUT2D eigenvalue weighted by atomic mass is 10.0. The Bertz CT molecular complexity index is 1240. The lowest BCUT2D eigenvalue weighted by molar-refractivity contribution is 0.173. The van der Waals surface area contributed by atoms with Crippen LogP contribution in [-0.2, 0) is 0 Å². The fraction of sp³-hybridized carbons (Fsp3) is 0.105. The van der Waals surface area contributed by atoms with Crippen LogP contribution < -0.4 is 20.8 Å². The first-order valence-corrected chi connectivity index (χ1v) is 8.35. The molecule has 0 bridgehead atoms. The number of fused-ring (bicyclic) bond motifs is 2. The van der Waals surface area contributed by atoms with Gasteiger partial charge in [-0.25, -0.2) is 4.98 Å². The monoisotopic (exact) mass is 361 g/mol. The van der Waals surface area contributed by atoms with Crippen molar-refractivity contribution in [3.63, 3.8) is 0 Å². The molecule has 4 heterocycles. The van der Waals surface area contributed by atoms with Gasteiger partial charge in [-0.3, -0.25) is 14.9 Å². The molecule has 0 spiro atoms. The summed E-state index contributed by atoms with van der Waals surface area (Å²) in [5.41, 5.74) is 9.70. The zero-order valence-electron chi connectivity index (χ0n) is 14.4. The number of nitrogens with one attached hydrogen (secondary N) is 1. The van der Waals surface area contributed by atoms with Gasteiger partial charge in [-0.05, 0) is 31.2 Å². The van der Waals surface area contributed by atoms with E-state index in [1.165, 1.54) is 10.6 Å². The number of ether oxygens (including phenoxy) is 2. The highest BCUT2D eigenvalue weighted by Gasteiger charge is 2.21. The molecule has 0 fully saturated rings. The maximum absolute atomic E-state index is 12.7. The third kappa shape index (κ3) is 2.27. The first kappa shape index (κ1) is 15.4. The van der Waals surface area contributed by atoms with Gasteiger partial charge in [0.15, 0.2) is 17.1 Å². The molecule has 3 N–H and O–H groups in total. The van der Waals surface area contributed by atoms with E-state index in [-0.39, 0.29) is 12.4 Å². The Morgan fingerprint density at radius 1 is 1.19 bits per heavy atom. The van der Waals surface area contributed by atoms with Gasteiger partial charge >= 0.3 is 0 Å². The predicted octanol–water partition coefficient (Wildman–Crippen LogP) is 2.37. The molecule has 0 aliphatic carbocycles. The van der Waals surface area contributed by atoms with E-state index in [0.717, 1.165) is 11.1 Å². The van der Waals surface area contributed by atoms with Crippen molar-refractivity contribution in [2.75, 3.05) is 12.5 Å². The van der Waals surface area contributed by atoms with Gasteiger partial charge in [0, 0.05) is 23.4 Å². The fourth-order valence-corrected chi connectivity index (χ4v) is 3.35. The third-order valence-corrected chi connectivity index (χ3v) is 4.63. The van der Waals surface area contributed by atoms with Crippen LogP contribution in [0.4, 0.5) is 5.82 Å². The normalized spacial score (nSPS) is 12.6. The SMILES string of the molecule is Cc1c(-c2cc(=O)n3[nH]c(N)c(-c4ccccn4)c3n2)ccc2c1OCO2. The van der Waals surface area contributed by atoms with E-state index in [4.69, 9.17) is 20.2 Å². The number of anilines is 1. The van der Waals surface area contributed by atoms with Gasteiger partial charge in [0.1, 0.15) is 5.82 Å². The molecule has 1 aromatic carbocycles. The van der Waals surface area contributed by atoms with Crippen molar-refractivity contribution < 1.29 is 9.47 Å². The van der Waals surface area contributed by atoms with Gasteiger partial charge in [-0.1, -0.05) is 6.07 Å². The molecule has 3 aromatic heterocycles. The summed E-state index contributed by atoms with van der Waals surface area (Å²) in [5, 5.41) is 2.86. The molecule has 0 unspecified atom stereocenters. The van der Waals surface area contributed by atoms with Crippen molar-refractivity contribution in [2.45, 2.75) is 6.92 Å². The first-order chi connectivity index (χ1) is 13.1. The highest BCUT2D eigenvalue weighted by molar-refractivity contribution is 5.85. The van der Waals surface area contributed by atoms with Crippen LogP contribution in [-0.4, -0.2) is 26.4 Å². The quantitative estimate of drug-likeness (QED) is 0.567. The van der Waals surface area contributed by atoms with E-state index in [0.29, 0.717) is 39.9 Å². The van der Waals surface area contributed by atoms with Crippen LogP contribution in [0.1, 0.15) is 5.56 Å². The molecular formula is C19H15N5O3. The van der Waals surface area contributed by atoms with Crippen LogP contribution in [0.2, 0.25) is 0 Å². The number of hydrogen-bond donors (Lipinski definition) is 2. The third-order valence-electron chi connectivity index (χ3n) is 4.63. The number of H-pyrrole nitrogens is 1. The Morgan fingerprint density at radius 2 is 2.07 bits per heavy atom. The molecule has 0 amide bonds. The van der Waals surface area contributed by atoms with Crippen LogP contribution in [0, 0.1) is 6.92 Å². The summed E-state index contributed by atoms with van der Waals surface area (Å²) in [7, 11) is 0. The number of nitrogen functional groups attached to an aromatic ring is 1.